The monoisotopic (exact) mass is 241 g/mol. The summed E-state index contributed by atoms with van der Waals surface area (Å²) in [6, 6.07) is 2.26. The van der Waals surface area contributed by atoms with E-state index in [9.17, 15) is 0 Å². The van der Waals surface area contributed by atoms with Gasteiger partial charge in [-0.3, -0.25) is 0 Å². The van der Waals surface area contributed by atoms with Crippen LogP contribution < -0.4 is 5.32 Å². The van der Waals surface area contributed by atoms with E-state index in [1.54, 1.807) is 0 Å². The molecule has 0 bridgehead atoms. The molecule has 1 atom stereocenters. The first-order valence-corrected chi connectivity index (χ1v) is 6.28. The number of nitrogens with zero attached hydrogens (tertiary/aromatic N) is 2. The van der Waals surface area contributed by atoms with Gasteiger partial charge in [-0.25, -0.2) is 9.97 Å². The molecule has 16 heavy (non-hydrogen) atoms. The predicted molar refractivity (Wildman–Crippen MR) is 69.3 cm³/mol. The van der Waals surface area contributed by atoms with Crippen molar-refractivity contribution in [1.82, 2.24) is 9.97 Å². The van der Waals surface area contributed by atoms with Crippen LogP contribution in [0.2, 0.25) is 0 Å². The topological polar surface area (TPSA) is 37.8 Å². The van der Waals surface area contributed by atoms with E-state index < -0.39 is 0 Å². The molecule has 0 aliphatic carbocycles. The third-order valence-electron chi connectivity index (χ3n) is 2.48. The fraction of sp³-hybridized carbons (Fsp3) is 0.667. The summed E-state index contributed by atoms with van der Waals surface area (Å²) in [4.78, 5) is 8.86. The van der Waals surface area contributed by atoms with Crippen molar-refractivity contribution in [3.05, 3.63) is 17.5 Å². The largest absolute Gasteiger partial charge is 0.350 e. The van der Waals surface area contributed by atoms with Crippen LogP contribution in [0.1, 0.15) is 44.5 Å². The number of nitrogens with one attached hydrogen (secondary N) is 1. The van der Waals surface area contributed by atoms with Crippen LogP contribution in [0.5, 0.6) is 0 Å². The molecule has 0 spiro atoms. The van der Waals surface area contributed by atoms with Crippen LogP contribution in [0.4, 0.5) is 5.95 Å². The van der Waals surface area contributed by atoms with Crippen molar-refractivity contribution in [1.29, 1.82) is 0 Å². The number of hydrogen-bond acceptors (Lipinski definition) is 3. The van der Waals surface area contributed by atoms with E-state index >= 15 is 0 Å². The number of alkyl halides is 1. The van der Waals surface area contributed by atoms with Gasteiger partial charge in [-0.1, -0.05) is 20.8 Å². The third-order valence-corrected chi connectivity index (χ3v) is 2.85. The van der Waals surface area contributed by atoms with Crippen LogP contribution in [-0.2, 0) is 0 Å². The summed E-state index contributed by atoms with van der Waals surface area (Å²) in [6.07, 6.45) is 0.970. The second-order valence-corrected chi connectivity index (χ2v) is 4.62. The molecular formula is C12H20ClN3. The second-order valence-electron chi connectivity index (χ2n) is 4.32. The minimum absolute atomic E-state index is 0.239. The van der Waals surface area contributed by atoms with Crippen LogP contribution in [-0.4, -0.2) is 21.9 Å². The predicted octanol–water partition coefficient (Wildman–Crippen LogP) is 3.34. The van der Waals surface area contributed by atoms with Gasteiger partial charge < -0.3 is 5.32 Å². The Bertz CT molecular complexity index is 335. The summed E-state index contributed by atoms with van der Waals surface area (Å²) in [7, 11) is 0. The van der Waals surface area contributed by atoms with Crippen LogP contribution in [0.15, 0.2) is 6.07 Å². The molecule has 0 radical (unpaired) electrons. The average molecular weight is 242 g/mol. The molecule has 1 unspecified atom stereocenters. The van der Waals surface area contributed by atoms with Crippen molar-refractivity contribution in [2.24, 2.45) is 0 Å². The highest BCUT2D eigenvalue weighted by Crippen LogP contribution is 2.15. The highest BCUT2D eigenvalue weighted by Gasteiger charge is 2.09. The SMILES string of the molecule is CCC(CCl)Nc1nc(C)cc(C(C)C)n1. The molecule has 3 nitrogen and oxygen atoms in total. The van der Waals surface area contributed by atoms with E-state index in [4.69, 9.17) is 11.6 Å². The standard InChI is InChI=1S/C12H20ClN3/c1-5-10(7-13)15-12-14-9(4)6-11(16-12)8(2)3/h6,8,10H,5,7H2,1-4H3,(H,14,15,16). The van der Waals surface area contributed by atoms with Crippen molar-refractivity contribution < 1.29 is 0 Å². The van der Waals surface area contributed by atoms with Crippen molar-refractivity contribution in [3.63, 3.8) is 0 Å². The van der Waals surface area contributed by atoms with Gasteiger partial charge in [-0.2, -0.15) is 0 Å². The fourth-order valence-electron chi connectivity index (χ4n) is 1.39. The molecule has 1 rings (SSSR count). The highest BCUT2D eigenvalue weighted by molar-refractivity contribution is 6.18. The molecule has 0 aliphatic rings. The Labute approximate surface area is 103 Å². The maximum absolute atomic E-state index is 5.84. The van der Waals surface area contributed by atoms with Crippen LogP contribution >= 0.6 is 11.6 Å². The summed E-state index contributed by atoms with van der Waals surface area (Å²) in [5.74, 6) is 1.68. The molecule has 1 aromatic rings. The summed E-state index contributed by atoms with van der Waals surface area (Å²) in [6.45, 7) is 8.34. The molecular weight excluding hydrogens is 222 g/mol. The normalized spacial score (nSPS) is 12.9. The number of hydrogen-bond donors (Lipinski definition) is 1. The minimum atomic E-state index is 0.239. The van der Waals surface area contributed by atoms with Crippen LogP contribution in [0.3, 0.4) is 0 Å². The molecule has 4 heteroatoms. The summed E-state index contributed by atoms with van der Waals surface area (Å²) in [5.41, 5.74) is 2.06. The van der Waals surface area contributed by atoms with Gasteiger partial charge in [-0.15, -0.1) is 11.6 Å². The van der Waals surface area contributed by atoms with E-state index in [-0.39, 0.29) is 6.04 Å². The first-order valence-electron chi connectivity index (χ1n) is 5.74. The molecule has 0 aromatic carbocycles. The van der Waals surface area contributed by atoms with E-state index in [0.29, 0.717) is 17.7 Å². The van der Waals surface area contributed by atoms with Gasteiger partial charge in [0.05, 0.1) is 0 Å². The van der Waals surface area contributed by atoms with Gasteiger partial charge in [0.1, 0.15) is 0 Å². The first kappa shape index (κ1) is 13.2. The van der Waals surface area contributed by atoms with Crippen molar-refractivity contribution in [3.8, 4) is 0 Å². The Morgan fingerprint density at radius 1 is 1.38 bits per heavy atom. The summed E-state index contributed by atoms with van der Waals surface area (Å²) < 4.78 is 0. The third kappa shape index (κ3) is 3.63. The lowest BCUT2D eigenvalue weighted by Gasteiger charge is -2.15. The lowest BCUT2D eigenvalue weighted by Crippen LogP contribution is -2.22. The molecule has 1 N–H and O–H groups in total. The zero-order chi connectivity index (χ0) is 12.1. The van der Waals surface area contributed by atoms with E-state index in [1.165, 1.54) is 0 Å². The van der Waals surface area contributed by atoms with Crippen LogP contribution in [0, 0.1) is 6.92 Å². The number of rotatable bonds is 5. The van der Waals surface area contributed by atoms with Crippen LogP contribution in [0.25, 0.3) is 0 Å². The smallest absolute Gasteiger partial charge is 0.223 e. The maximum atomic E-state index is 5.84. The Morgan fingerprint density at radius 2 is 2.06 bits per heavy atom. The van der Waals surface area contributed by atoms with Crippen molar-refractivity contribution in [2.45, 2.75) is 46.1 Å². The second kappa shape index (κ2) is 6.04. The van der Waals surface area contributed by atoms with Gasteiger partial charge in [0, 0.05) is 23.3 Å². The fourth-order valence-corrected chi connectivity index (χ4v) is 1.68. The van der Waals surface area contributed by atoms with E-state index in [0.717, 1.165) is 17.8 Å². The molecule has 0 saturated carbocycles. The Kier molecular flexibility index (Phi) is 5.00. The first-order chi connectivity index (χ1) is 7.56. The lowest BCUT2D eigenvalue weighted by atomic mass is 10.1. The Balaban J connectivity index is 2.87. The molecule has 0 amide bonds. The molecule has 0 saturated heterocycles. The Morgan fingerprint density at radius 3 is 2.56 bits per heavy atom. The maximum Gasteiger partial charge on any atom is 0.223 e. The molecule has 90 valence electrons. The van der Waals surface area contributed by atoms with Gasteiger partial charge >= 0.3 is 0 Å². The van der Waals surface area contributed by atoms with Gasteiger partial charge in [0.25, 0.3) is 0 Å². The number of halogens is 1. The zero-order valence-corrected chi connectivity index (χ0v) is 11.2. The van der Waals surface area contributed by atoms with Crippen molar-refractivity contribution >= 4 is 17.5 Å². The highest BCUT2D eigenvalue weighted by atomic mass is 35.5. The lowest BCUT2D eigenvalue weighted by molar-refractivity contribution is 0.746. The minimum Gasteiger partial charge on any atom is -0.350 e. The molecule has 0 fully saturated rings. The summed E-state index contributed by atoms with van der Waals surface area (Å²) in [5, 5.41) is 3.26. The van der Waals surface area contributed by atoms with E-state index in [1.807, 2.05) is 13.0 Å². The molecule has 1 aromatic heterocycles. The summed E-state index contributed by atoms with van der Waals surface area (Å²) >= 11 is 5.84. The van der Waals surface area contributed by atoms with E-state index in [2.05, 4.69) is 36.1 Å². The molecule has 0 aliphatic heterocycles. The number of anilines is 1. The van der Waals surface area contributed by atoms with Gasteiger partial charge in [0.2, 0.25) is 5.95 Å². The Hall–Kier alpha value is -0.830. The molecule has 1 heterocycles. The van der Waals surface area contributed by atoms with Gasteiger partial charge in [0.15, 0.2) is 0 Å². The zero-order valence-electron chi connectivity index (χ0n) is 10.4. The van der Waals surface area contributed by atoms with Gasteiger partial charge in [-0.05, 0) is 25.3 Å². The van der Waals surface area contributed by atoms with Crippen molar-refractivity contribution in [2.75, 3.05) is 11.2 Å². The number of aromatic nitrogens is 2. The number of aryl methyl sites for hydroxylation is 1. The average Bonchev–Trinajstić information content (AvgIpc) is 2.25. The quantitative estimate of drug-likeness (QED) is 0.804.